The van der Waals surface area contributed by atoms with Crippen LogP contribution in [0.3, 0.4) is 0 Å². The molecular weight excluding hydrogens is 194 g/mol. The number of rotatable bonds is 2. The van der Waals surface area contributed by atoms with Crippen molar-refractivity contribution in [1.82, 2.24) is 4.98 Å². The Morgan fingerprint density at radius 2 is 2.00 bits per heavy atom. The zero-order valence-electron chi connectivity index (χ0n) is 9.00. The van der Waals surface area contributed by atoms with E-state index in [9.17, 15) is 4.79 Å². The van der Waals surface area contributed by atoms with Crippen molar-refractivity contribution in [2.24, 2.45) is 0 Å². The van der Waals surface area contributed by atoms with Gasteiger partial charge in [0.2, 0.25) is 0 Å². The van der Waals surface area contributed by atoms with Crippen molar-refractivity contribution in [3.63, 3.8) is 0 Å². The Kier molecular flexibility index (Phi) is 3.32. The van der Waals surface area contributed by atoms with Gasteiger partial charge in [0, 0.05) is 16.0 Å². The molecule has 1 aromatic heterocycles. The summed E-state index contributed by atoms with van der Waals surface area (Å²) in [7, 11) is 0. The molecule has 0 saturated carbocycles. The molecule has 1 rings (SSSR count). The van der Waals surface area contributed by atoms with E-state index in [0.29, 0.717) is 5.56 Å². The Bertz CT molecular complexity index is 342. The van der Waals surface area contributed by atoms with Crippen LogP contribution in [0.1, 0.15) is 36.8 Å². The monoisotopic (exact) mass is 209 g/mol. The number of carbonyl (C=O) groups is 1. The van der Waals surface area contributed by atoms with Crippen LogP contribution in [0.4, 0.5) is 0 Å². The lowest BCUT2D eigenvalue weighted by molar-refractivity contribution is 0.112. The van der Waals surface area contributed by atoms with E-state index in [1.54, 1.807) is 11.8 Å². The van der Waals surface area contributed by atoms with Gasteiger partial charge in [0.05, 0.1) is 5.03 Å². The van der Waals surface area contributed by atoms with Gasteiger partial charge in [-0.05, 0) is 19.1 Å². The predicted octanol–water partition coefficient (Wildman–Crippen LogP) is 3.09. The molecule has 14 heavy (non-hydrogen) atoms. The molecular formula is C11H15NOS. The normalized spacial score (nSPS) is 11.4. The second-order valence-corrected chi connectivity index (χ2v) is 6.00. The summed E-state index contributed by atoms with van der Waals surface area (Å²) in [5.41, 5.74) is 1.47. The molecule has 0 bridgehead atoms. The van der Waals surface area contributed by atoms with E-state index in [1.165, 1.54) is 0 Å². The lowest BCUT2D eigenvalue weighted by Crippen LogP contribution is -2.07. The van der Waals surface area contributed by atoms with Crippen LogP contribution < -0.4 is 0 Å². The molecule has 0 aromatic carbocycles. The topological polar surface area (TPSA) is 30.0 Å². The van der Waals surface area contributed by atoms with E-state index >= 15 is 0 Å². The van der Waals surface area contributed by atoms with Crippen molar-refractivity contribution in [3.8, 4) is 0 Å². The molecule has 3 heteroatoms. The number of aryl methyl sites for hydroxylation is 1. The summed E-state index contributed by atoms with van der Waals surface area (Å²) in [6.45, 7) is 8.28. The molecule has 0 amide bonds. The van der Waals surface area contributed by atoms with Crippen LogP contribution in [0, 0.1) is 6.92 Å². The number of carbonyl (C=O) groups excluding carboxylic acids is 1. The fourth-order valence-electron chi connectivity index (χ4n) is 1.04. The predicted molar refractivity (Wildman–Crippen MR) is 60.0 cm³/mol. The highest BCUT2D eigenvalue weighted by atomic mass is 32.2. The molecule has 0 unspecified atom stereocenters. The van der Waals surface area contributed by atoms with Crippen LogP contribution in [-0.4, -0.2) is 16.0 Å². The molecule has 76 valence electrons. The molecule has 0 aliphatic heterocycles. The van der Waals surface area contributed by atoms with Gasteiger partial charge < -0.3 is 0 Å². The van der Waals surface area contributed by atoms with Gasteiger partial charge in [-0.15, -0.1) is 11.8 Å². The zero-order valence-corrected chi connectivity index (χ0v) is 9.81. The third-order valence-electron chi connectivity index (χ3n) is 1.64. The smallest absolute Gasteiger partial charge is 0.151 e. The van der Waals surface area contributed by atoms with E-state index in [4.69, 9.17) is 0 Å². The number of nitrogens with zero attached hydrogens (tertiary/aromatic N) is 1. The summed E-state index contributed by atoms with van der Waals surface area (Å²) >= 11 is 1.71. The molecule has 0 aliphatic carbocycles. The van der Waals surface area contributed by atoms with Gasteiger partial charge >= 0.3 is 0 Å². The van der Waals surface area contributed by atoms with Crippen molar-refractivity contribution >= 4 is 18.0 Å². The minimum Gasteiger partial charge on any atom is -0.298 e. The largest absolute Gasteiger partial charge is 0.298 e. The second-order valence-electron chi connectivity index (χ2n) is 4.16. The Balaban J connectivity index is 2.92. The lowest BCUT2D eigenvalue weighted by atomic mass is 10.2. The highest BCUT2D eigenvalue weighted by Crippen LogP contribution is 2.30. The second kappa shape index (κ2) is 4.13. The lowest BCUT2D eigenvalue weighted by Gasteiger charge is -2.16. The SMILES string of the molecule is Cc1nc(SC(C)(C)C)ccc1C=O. The summed E-state index contributed by atoms with van der Waals surface area (Å²) in [6, 6.07) is 3.72. The molecule has 1 aromatic rings. The zero-order chi connectivity index (χ0) is 10.8. The van der Waals surface area contributed by atoms with Crippen LogP contribution in [-0.2, 0) is 0 Å². The number of aldehydes is 1. The average Bonchev–Trinajstić information content (AvgIpc) is 2.01. The first-order chi connectivity index (χ1) is 6.42. The van der Waals surface area contributed by atoms with Gasteiger partial charge in [-0.25, -0.2) is 4.98 Å². The molecule has 0 saturated heterocycles. The highest BCUT2D eigenvalue weighted by Gasteiger charge is 2.13. The Hall–Kier alpha value is -0.830. The molecule has 0 spiro atoms. The molecule has 1 heterocycles. The first kappa shape index (κ1) is 11.2. The van der Waals surface area contributed by atoms with Crippen molar-refractivity contribution in [3.05, 3.63) is 23.4 Å². The van der Waals surface area contributed by atoms with Crippen molar-refractivity contribution < 1.29 is 4.79 Å². The van der Waals surface area contributed by atoms with E-state index in [1.807, 2.05) is 19.1 Å². The maximum Gasteiger partial charge on any atom is 0.151 e. The molecule has 0 N–H and O–H groups in total. The van der Waals surface area contributed by atoms with Crippen LogP contribution in [0.15, 0.2) is 17.2 Å². The van der Waals surface area contributed by atoms with Crippen LogP contribution in [0.2, 0.25) is 0 Å². The third-order valence-corrected chi connectivity index (χ3v) is 2.69. The molecule has 0 atom stereocenters. The number of hydrogen-bond acceptors (Lipinski definition) is 3. The van der Waals surface area contributed by atoms with E-state index in [0.717, 1.165) is 17.0 Å². The summed E-state index contributed by atoms with van der Waals surface area (Å²) < 4.78 is 0.155. The standard InChI is InChI=1S/C11H15NOS/c1-8-9(7-13)5-6-10(12-8)14-11(2,3)4/h5-7H,1-4H3. The number of hydrogen-bond donors (Lipinski definition) is 0. The van der Waals surface area contributed by atoms with Gasteiger partial charge in [-0.1, -0.05) is 20.8 Å². The summed E-state index contributed by atoms with van der Waals surface area (Å²) in [6.07, 6.45) is 0.841. The van der Waals surface area contributed by atoms with Gasteiger partial charge in [-0.3, -0.25) is 4.79 Å². The highest BCUT2D eigenvalue weighted by molar-refractivity contribution is 8.00. The fourth-order valence-corrected chi connectivity index (χ4v) is 1.99. The van der Waals surface area contributed by atoms with E-state index in [2.05, 4.69) is 25.8 Å². The molecule has 2 nitrogen and oxygen atoms in total. The minimum absolute atomic E-state index is 0.155. The summed E-state index contributed by atoms with van der Waals surface area (Å²) in [4.78, 5) is 14.9. The minimum atomic E-state index is 0.155. The molecule has 0 aliphatic rings. The number of thioether (sulfide) groups is 1. The first-order valence-corrected chi connectivity index (χ1v) is 5.36. The van der Waals surface area contributed by atoms with Crippen LogP contribution in [0.25, 0.3) is 0 Å². The Labute approximate surface area is 89.1 Å². The van der Waals surface area contributed by atoms with Gasteiger partial charge in [0.1, 0.15) is 0 Å². The van der Waals surface area contributed by atoms with Gasteiger partial charge in [0.15, 0.2) is 6.29 Å². The molecule has 0 fully saturated rings. The van der Waals surface area contributed by atoms with Crippen molar-refractivity contribution in [1.29, 1.82) is 0 Å². The average molecular weight is 209 g/mol. The first-order valence-electron chi connectivity index (χ1n) is 4.54. The summed E-state index contributed by atoms with van der Waals surface area (Å²) in [5.74, 6) is 0. The Morgan fingerprint density at radius 3 is 2.43 bits per heavy atom. The molecule has 0 radical (unpaired) electrons. The van der Waals surface area contributed by atoms with Crippen LogP contribution >= 0.6 is 11.8 Å². The van der Waals surface area contributed by atoms with Gasteiger partial charge in [-0.2, -0.15) is 0 Å². The quantitative estimate of drug-likeness (QED) is 0.554. The fraction of sp³-hybridized carbons (Fsp3) is 0.455. The van der Waals surface area contributed by atoms with Crippen molar-refractivity contribution in [2.45, 2.75) is 37.5 Å². The Morgan fingerprint density at radius 1 is 1.36 bits per heavy atom. The number of pyridine rings is 1. The third kappa shape index (κ3) is 3.14. The number of aromatic nitrogens is 1. The van der Waals surface area contributed by atoms with Crippen LogP contribution in [0.5, 0.6) is 0 Å². The van der Waals surface area contributed by atoms with Crippen molar-refractivity contribution in [2.75, 3.05) is 0 Å². The summed E-state index contributed by atoms with van der Waals surface area (Å²) in [5, 5.41) is 0.973. The maximum atomic E-state index is 10.6. The maximum absolute atomic E-state index is 10.6. The van der Waals surface area contributed by atoms with Gasteiger partial charge in [0.25, 0.3) is 0 Å². The van der Waals surface area contributed by atoms with E-state index in [-0.39, 0.29) is 4.75 Å². The van der Waals surface area contributed by atoms with E-state index < -0.39 is 0 Å².